The number of piperidine rings is 1. The highest BCUT2D eigenvalue weighted by atomic mass is 16.2. The van der Waals surface area contributed by atoms with Crippen molar-refractivity contribution in [3.63, 3.8) is 0 Å². The molecule has 4 saturated heterocycles. The van der Waals surface area contributed by atoms with Crippen molar-refractivity contribution in [2.24, 2.45) is 17.8 Å². The lowest BCUT2D eigenvalue weighted by molar-refractivity contribution is -0.140. The Balaban J connectivity index is 1.31. The summed E-state index contributed by atoms with van der Waals surface area (Å²) >= 11 is 0. The van der Waals surface area contributed by atoms with E-state index < -0.39 is 0 Å². The van der Waals surface area contributed by atoms with Crippen molar-refractivity contribution < 1.29 is 9.59 Å². The number of hydrazine groups is 1. The molecule has 156 valence electrons. The minimum absolute atomic E-state index is 0.0585. The summed E-state index contributed by atoms with van der Waals surface area (Å²) < 4.78 is 0. The molecule has 2 N–H and O–H groups in total. The lowest BCUT2D eigenvalue weighted by Gasteiger charge is -2.36. The van der Waals surface area contributed by atoms with Crippen molar-refractivity contribution in [3.05, 3.63) is 35.9 Å². The van der Waals surface area contributed by atoms with Crippen LogP contribution in [0.2, 0.25) is 0 Å². The molecular formula is C23H32N4O2. The van der Waals surface area contributed by atoms with E-state index in [0.29, 0.717) is 37.5 Å². The van der Waals surface area contributed by atoms with Crippen molar-refractivity contribution in [2.45, 2.75) is 63.7 Å². The number of hydrogen-bond donors (Lipinski definition) is 2. The van der Waals surface area contributed by atoms with Gasteiger partial charge < -0.3 is 9.80 Å². The number of nitrogens with zero attached hydrogens (tertiary/aromatic N) is 2. The van der Waals surface area contributed by atoms with Crippen LogP contribution in [0.25, 0.3) is 0 Å². The quantitative estimate of drug-likeness (QED) is 0.819. The van der Waals surface area contributed by atoms with Gasteiger partial charge in [0, 0.05) is 37.6 Å². The molecule has 1 aliphatic carbocycles. The van der Waals surface area contributed by atoms with Crippen LogP contribution in [0.1, 0.15) is 44.6 Å². The topological polar surface area (TPSA) is 64.7 Å². The van der Waals surface area contributed by atoms with Crippen LogP contribution in [0, 0.1) is 17.8 Å². The average Bonchev–Trinajstić information content (AvgIpc) is 2.95. The molecule has 2 amide bonds. The van der Waals surface area contributed by atoms with Crippen molar-refractivity contribution in [1.82, 2.24) is 20.7 Å². The molecule has 6 atom stereocenters. The molecule has 0 spiro atoms. The van der Waals surface area contributed by atoms with Crippen molar-refractivity contribution >= 4 is 11.8 Å². The van der Waals surface area contributed by atoms with Gasteiger partial charge in [-0.3, -0.25) is 15.0 Å². The van der Waals surface area contributed by atoms with Crippen LogP contribution in [-0.2, 0) is 16.1 Å². The molecular weight excluding hydrogens is 364 g/mol. The number of hydrogen-bond acceptors (Lipinski definition) is 4. The molecule has 5 fully saturated rings. The van der Waals surface area contributed by atoms with E-state index in [-0.39, 0.29) is 29.8 Å². The van der Waals surface area contributed by atoms with Crippen LogP contribution in [0.3, 0.4) is 0 Å². The number of fused-ring (bicyclic) bond motifs is 5. The Labute approximate surface area is 173 Å². The molecule has 6 heteroatoms. The molecule has 29 heavy (non-hydrogen) atoms. The fourth-order valence-corrected chi connectivity index (χ4v) is 5.93. The summed E-state index contributed by atoms with van der Waals surface area (Å²) in [6, 6.07) is 10.6. The second kappa shape index (κ2) is 7.73. The molecule has 0 radical (unpaired) electrons. The Morgan fingerprint density at radius 1 is 1.07 bits per heavy atom. The zero-order valence-corrected chi connectivity index (χ0v) is 17.2. The molecule has 1 saturated carbocycles. The largest absolute Gasteiger partial charge is 0.338 e. The fraction of sp³-hybridized carbons (Fsp3) is 0.652. The molecule has 0 aromatic heterocycles. The molecule has 4 aliphatic heterocycles. The normalized spacial score (nSPS) is 36.8. The first-order chi connectivity index (χ1) is 14.1. The molecule has 4 unspecified atom stereocenters. The van der Waals surface area contributed by atoms with Gasteiger partial charge in [-0.1, -0.05) is 37.3 Å². The zero-order chi connectivity index (χ0) is 20.0. The van der Waals surface area contributed by atoms with E-state index in [0.717, 1.165) is 31.2 Å². The van der Waals surface area contributed by atoms with E-state index >= 15 is 0 Å². The predicted molar refractivity (Wildman–Crippen MR) is 110 cm³/mol. The van der Waals surface area contributed by atoms with Gasteiger partial charge in [-0.05, 0) is 43.6 Å². The Morgan fingerprint density at radius 3 is 2.72 bits per heavy atom. The highest BCUT2D eigenvalue weighted by molar-refractivity contribution is 5.86. The van der Waals surface area contributed by atoms with Gasteiger partial charge in [0.1, 0.15) is 6.04 Å². The monoisotopic (exact) mass is 396 g/mol. The molecule has 2 bridgehead atoms. The predicted octanol–water partition coefficient (Wildman–Crippen LogP) is 1.92. The molecule has 6 rings (SSSR count). The van der Waals surface area contributed by atoms with Crippen LogP contribution in [0.4, 0.5) is 0 Å². The second-order valence-electron chi connectivity index (χ2n) is 9.58. The second-order valence-corrected chi connectivity index (χ2v) is 9.58. The highest BCUT2D eigenvalue weighted by Crippen LogP contribution is 2.36. The summed E-state index contributed by atoms with van der Waals surface area (Å²) in [6.07, 6.45) is 5.36. The number of amides is 2. The Hall–Kier alpha value is -1.92. The van der Waals surface area contributed by atoms with Gasteiger partial charge in [-0.15, -0.1) is 0 Å². The SMILES string of the molecule is CC1CCC2NNC(C(=O)N3C[C@H]4CC[C@@H](C3)N(Cc3ccccc3)C4=O)C2C1. The summed E-state index contributed by atoms with van der Waals surface area (Å²) in [5.74, 6) is 1.39. The van der Waals surface area contributed by atoms with E-state index in [1.165, 1.54) is 6.42 Å². The van der Waals surface area contributed by atoms with Crippen LogP contribution in [0.5, 0.6) is 0 Å². The first-order valence-corrected chi connectivity index (χ1v) is 11.2. The minimum Gasteiger partial charge on any atom is -0.338 e. The van der Waals surface area contributed by atoms with E-state index in [2.05, 4.69) is 29.9 Å². The van der Waals surface area contributed by atoms with Gasteiger partial charge in [-0.2, -0.15) is 0 Å². The minimum atomic E-state index is -0.155. The van der Waals surface area contributed by atoms with Gasteiger partial charge in [0.15, 0.2) is 0 Å². The summed E-state index contributed by atoms with van der Waals surface area (Å²) in [4.78, 5) is 30.7. The number of benzene rings is 1. The number of carbonyl (C=O) groups is 2. The van der Waals surface area contributed by atoms with Crippen molar-refractivity contribution in [2.75, 3.05) is 13.1 Å². The first-order valence-electron chi connectivity index (χ1n) is 11.2. The van der Waals surface area contributed by atoms with Gasteiger partial charge in [0.25, 0.3) is 0 Å². The maximum absolute atomic E-state index is 13.5. The summed E-state index contributed by atoms with van der Waals surface area (Å²) in [7, 11) is 0. The Morgan fingerprint density at radius 2 is 1.90 bits per heavy atom. The maximum Gasteiger partial charge on any atom is 0.241 e. The van der Waals surface area contributed by atoms with Crippen molar-refractivity contribution in [1.29, 1.82) is 0 Å². The van der Waals surface area contributed by atoms with Crippen molar-refractivity contribution in [3.8, 4) is 0 Å². The van der Waals surface area contributed by atoms with Crippen LogP contribution < -0.4 is 10.9 Å². The van der Waals surface area contributed by atoms with Gasteiger partial charge in [0.2, 0.25) is 11.8 Å². The van der Waals surface area contributed by atoms with E-state index in [4.69, 9.17) is 0 Å². The summed E-state index contributed by atoms with van der Waals surface area (Å²) in [5, 5.41) is 0. The van der Waals surface area contributed by atoms with E-state index in [1.54, 1.807) is 0 Å². The van der Waals surface area contributed by atoms with Gasteiger partial charge >= 0.3 is 0 Å². The number of nitrogens with one attached hydrogen (secondary N) is 2. The maximum atomic E-state index is 13.5. The van der Waals surface area contributed by atoms with Crippen LogP contribution in [0.15, 0.2) is 30.3 Å². The molecule has 5 aliphatic rings. The Bertz CT molecular complexity index is 769. The molecule has 1 aromatic carbocycles. The van der Waals surface area contributed by atoms with E-state index in [9.17, 15) is 9.59 Å². The third-order valence-corrected chi connectivity index (χ3v) is 7.58. The fourth-order valence-electron chi connectivity index (χ4n) is 5.93. The lowest BCUT2D eigenvalue weighted by atomic mass is 9.76. The molecule has 1 aromatic rings. The summed E-state index contributed by atoms with van der Waals surface area (Å²) in [6.45, 7) is 4.18. The zero-order valence-electron chi connectivity index (χ0n) is 17.2. The number of rotatable bonds is 3. The third-order valence-electron chi connectivity index (χ3n) is 7.58. The smallest absolute Gasteiger partial charge is 0.241 e. The highest BCUT2D eigenvalue weighted by Gasteiger charge is 2.47. The van der Waals surface area contributed by atoms with Gasteiger partial charge in [-0.25, -0.2) is 5.43 Å². The standard InChI is InChI=1S/C23H32N4O2/c1-15-7-10-20-19(11-15)21(25-24-20)23(29)26-13-17-8-9-18(14-26)27(22(17)28)12-16-5-3-2-4-6-16/h2-6,15,17-21,24-25H,7-14H2,1H3/t15?,17-,18+,19?,20?,21?/m1/s1. The number of carbonyl (C=O) groups excluding carboxylic acids is 2. The molecule has 4 heterocycles. The first kappa shape index (κ1) is 19.1. The van der Waals surface area contributed by atoms with Crippen LogP contribution in [-0.4, -0.2) is 52.8 Å². The Kier molecular flexibility index (Phi) is 5.08. The van der Waals surface area contributed by atoms with E-state index in [1.807, 2.05) is 28.0 Å². The lowest BCUT2D eigenvalue weighted by Crippen LogP contribution is -2.50. The third kappa shape index (κ3) is 3.57. The van der Waals surface area contributed by atoms with Gasteiger partial charge in [0.05, 0.1) is 5.92 Å². The molecule has 6 nitrogen and oxygen atoms in total. The average molecular weight is 397 g/mol. The van der Waals surface area contributed by atoms with Crippen LogP contribution >= 0.6 is 0 Å². The summed E-state index contributed by atoms with van der Waals surface area (Å²) in [5.41, 5.74) is 7.85.